The van der Waals surface area contributed by atoms with Crippen molar-refractivity contribution in [2.24, 2.45) is 5.92 Å². The zero-order valence-corrected chi connectivity index (χ0v) is 15.3. The van der Waals surface area contributed by atoms with Crippen LogP contribution in [0.25, 0.3) is 0 Å². The highest BCUT2D eigenvalue weighted by Crippen LogP contribution is 2.22. The van der Waals surface area contributed by atoms with E-state index >= 15 is 0 Å². The summed E-state index contributed by atoms with van der Waals surface area (Å²) in [5.41, 5.74) is 2.08. The molecule has 136 valence electrons. The molecule has 1 fully saturated rings. The second-order valence-electron chi connectivity index (χ2n) is 7.09. The van der Waals surface area contributed by atoms with E-state index in [-0.39, 0.29) is 5.69 Å². The molecule has 0 aromatic carbocycles. The van der Waals surface area contributed by atoms with Gasteiger partial charge in [0.2, 0.25) is 0 Å². The Morgan fingerprint density at radius 3 is 2.80 bits per heavy atom. The Hall–Kier alpha value is -1.99. The summed E-state index contributed by atoms with van der Waals surface area (Å²) >= 11 is 0. The number of aryl methyl sites for hydroxylation is 1. The van der Waals surface area contributed by atoms with Gasteiger partial charge in [0.15, 0.2) is 0 Å². The number of pyridine rings is 1. The Morgan fingerprint density at radius 2 is 2.16 bits per heavy atom. The van der Waals surface area contributed by atoms with Crippen LogP contribution >= 0.6 is 0 Å². The molecule has 2 aromatic rings. The first-order valence-corrected chi connectivity index (χ1v) is 9.06. The van der Waals surface area contributed by atoms with Crippen molar-refractivity contribution in [2.75, 3.05) is 19.6 Å². The maximum Gasteiger partial charge on any atom is 0.340 e. The van der Waals surface area contributed by atoms with Crippen LogP contribution in [0.3, 0.4) is 0 Å². The van der Waals surface area contributed by atoms with Crippen molar-refractivity contribution in [2.45, 2.75) is 46.3 Å². The van der Waals surface area contributed by atoms with Gasteiger partial charge in [-0.3, -0.25) is 19.8 Å². The SMILES string of the molecule is CC[C@H](C)[C@H]1CN(Cc2ccc(C)nc2)CCN1Cc1n[nH]c(=O)[nH]1. The number of rotatable bonds is 6. The molecule has 0 radical (unpaired) electrons. The molecular weight excluding hydrogens is 316 g/mol. The number of aromatic nitrogens is 4. The van der Waals surface area contributed by atoms with E-state index in [9.17, 15) is 4.79 Å². The van der Waals surface area contributed by atoms with Gasteiger partial charge in [-0.2, -0.15) is 5.10 Å². The van der Waals surface area contributed by atoms with Crippen molar-refractivity contribution in [1.82, 2.24) is 30.0 Å². The van der Waals surface area contributed by atoms with Crippen molar-refractivity contribution in [3.05, 3.63) is 45.9 Å². The van der Waals surface area contributed by atoms with Crippen LogP contribution in [-0.4, -0.2) is 55.6 Å². The standard InChI is InChI=1S/C18H28N6O/c1-4-13(2)16-11-23(10-15-6-5-14(3)19-9-15)7-8-24(16)12-17-20-18(25)22-21-17/h5-6,9,13,16H,4,7-8,10-12H2,1-3H3,(H2,20,21,22,25)/t13-,16+/m0/s1. The number of nitrogens with one attached hydrogen (secondary N) is 2. The maximum atomic E-state index is 11.3. The van der Waals surface area contributed by atoms with Gasteiger partial charge in [-0.25, -0.2) is 9.89 Å². The molecule has 1 saturated heterocycles. The summed E-state index contributed by atoms with van der Waals surface area (Å²) in [5, 5.41) is 6.52. The Labute approximate surface area is 148 Å². The van der Waals surface area contributed by atoms with Gasteiger partial charge in [0, 0.05) is 44.1 Å². The zero-order chi connectivity index (χ0) is 17.8. The fourth-order valence-electron chi connectivity index (χ4n) is 3.48. The van der Waals surface area contributed by atoms with Crippen LogP contribution < -0.4 is 5.69 Å². The lowest BCUT2D eigenvalue weighted by Crippen LogP contribution is -2.54. The summed E-state index contributed by atoms with van der Waals surface area (Å²) in [7, 11) is 0. The van der Waals surface area contributed by atoms with E-state index in [2.05, 4.69) is 55.9 Å². The van der Waals surface area contributed by atoms with E-state index in [1.54, 1.807) is 0 Å². The molecule has 0 bridgehead atoms. The van der Waals surface area contributed by atoms with E-state index in [4.69, 9.17) is 0 Å². The highest BCUT2D eigenvalue weighted by Gasteiger charge is 2.30. The highest BCUT2D eigenvalue weighted by molar-refractivity contribution is 5.13. The summed E-state index contributed by atoms with van der Waals surface area (Å²) in [6, 6.07) is 4.70. The summed E-state index contributed by atoms with van der Waals surface area (Å²) in [5.74, 6) is 1.30. The Balaban J connectivity index is 1.66. The number of piperazine rings is 1. The minimum Gasteiger partial charge on any atom is -0.296 e. The van der Waals surface area contributed by atoms with Crippen LogP contribution in [0.15, 0.2) is 23.1 Å². The molecule has 1 aliphatic heterocycles. The van der Waals surface area contributed by atoms with Crippen molar-refractivity contribution < 1.29 is 0 Å². The second kappa shape index (κ2) is 7.93. The summed E-state index contributed by atoms with van der Waals surface area (Å²) < 4.78 is 0. The van der Waals surface area contributed by atoms with Crippen LogP contribution in [0.4, 0.5) is 0 Å². The topological polar surface area (TPSA) is 80.9 Å². The van der Waals surface area contributed by atoms with Gasteiger partial charge in [-0.15, -0.1) is 0 Å². The first-order chi connectivity index (χ1) is 12.0. The van der Waals surface area contributed by atoms with Gasteiger partial charge in [-0.1, -0.05) is 26.3 Å². The molecule has 2 atom stereocenters. The first kappa shape index (κ1) is 17.8. The molecule has 2 aromatic heterocycles. The molecule has 25 heavy (non-hydrogen) atoms. The largest absolute Gasteiger partial charge is 0.340 e. The van der Waals surface area contributed by atoms with Crippen LogP contribution in [0.1, 0.15) is 37.4 Å². The van der Waals surface area contributed by atoms with Crippen LogP contribution in [0.5, 0.6) is 0 Å². The van der Waals surface area contributed by atoms with Crippen LogP contribution in [0.2, 0.25) is 0 Å². The summed E-state index contributed by atoms with van der Waals surface area (Å²) in [6.45, 7) is 11.2. The van der Waals surface area contributed by atoms with Gasteiger partial charge in [0.1, 0.15) is 5.82 Å². The average molecular weight is 344 g/mol. The molecule has 0 unspecified atom stereocenters. The van der Waals surface area contributed by atoms with Gasteiger partial charge >= 0.3 is 5.69 Å². The minimum atomic E-state index is -0.236. The predicted molar refractivity (Wildman–Crippen MR) is 97.1 cm³/mol. The molecule has 3 rings (SSSR count). The fourth-order valence-corrected chi connectivity index (χ4v) is 3.48. The molecule has 3 heterocycles. The van der Waals surface area contributed by atoms with E-state index in [1.165, 1.54) is 5.56 Å². The number of hydrogen-bond acceptors (Lipinski definition) is 5. The normalized spacial score (nSPS) is 20.7. The first-order valence-electron chi connectivity index (χ1n) is 9.06. The number of H-pyrrole nitrogens is 2. The van der Waals surface area contributed by atoms with E-state index < -0.39 is 0 Å². The quantitative estimate of drug-likeness (QED) is 0.831. The van der Waals surface area contributed by atoms with Crippen molar-refractivity contribution in [1.29, 1.82) is 0 Å². The molecule has 0 amide bonds. The molecular formula is C18H28N6O. The lowest BCUT2D eigenvalue weighted by molar-refractivity contribution is 0.0337. The van der Waals surface area contributed by atoms with Crippen molar-refractivity contribution in [3.63, 3.8) is 0 Å². The molecule has 1 aliphatic rings. The van der Waals surface area contributed by atoms with Gasteiger partial charge < -0.3 is 0 Å². The van der Waals surface area contributed by atoms with Crippen LogP contribution in [-0.2, 0) is 13.1 Å². The minimum absolute atomic E-state index is 0.236. The summed E-state index contributed by atoms with van der Waals surface area (Å²) in [6.07, 6.45) is 3.12. The van der Waals surface area contributed by atoms with Gasteiger partial charge in [0.05, 0.1) is 6.54 Å². The molecule has 0 spiro atoms. The Morgan fingerprint density at radius 1 is 1.32 bits per heavy atom. The van der Waals surface area contributed by atoms with Crippen LogP contribution in [0, 0.1) is 12.8 Å². The van der Waals surface area contributed by atoms with E-state index in [1.807, 2.05) is 13.1 Å². The average Bonchev–Trinajstić information content (AvgIpc) is 3.02. The molecule has 7 nitrogen and oxygen atoms in total. The van der Waals surface area contributed by atoms with E-state index in [0.717, 1.165) is 44.1 Å². The zero-order valence-electron chi connectivity index (χ0n) is 15.3. The molecule has 7 heteroatoms. The lowest BCUT2D eigenvalue weighted by Gasteiger charge is -2.43. The van der Waals surface area contributed by atoms with Gasteiger partial charge in [0.25, 0.3) is 0 Å². The number of nitrogens with zero attached hydrogens (tertiary/aromatic N) is 4. The highest BCUT2D eigenvalue weighted by atomic mass is 16.1. The van der Waals surface area contributed by atoms with E-state index in [0.29, 0.717) is 18.5 Å². The predicted octanol–water partition coefficient (Wildman–Crippen LogP) is 1.53. The monoisotopic (exact) mass is 344 g/mol. The molecule has 2 N–H and O–H groups in total. The molecule has 0 saturated carbocycles. The third-order valence-corrected chi connectivity index (χ3v) is 5.20. The fraction of sp³-hybridized carbons (Fsp3) is 0.611. The molecule has 0 aliphatic carbocycles. The Bertz CT molecular complexity index is 722. The Kier molecular flexibility index (Phi) is 5.65. The third kappa shape index (κ3) is 4.55. The lowest BCUT2D eigenvalue weighted by atomic mass is 9.95. The smallest absolute Gasteiger partial charge is 0.296 e. The summed E-state index contributed by atoms with van der Waals surface area (Å²) in [4.78, 5) is 23.4. The van der Waals surface area contributed by atoms with Crippen molar-refractivity contribution in [3.8, 4) is 0 Å². The van der Waals surface area contributed by atoms with Gasteiger partial charge in [-0.05, 0) is 24.5 Å². The number of hydrogen-bond donors (Lipinski definition) is 2. The second-order valence-corrected chi connectivity index (χ2v) is 7.09. The number of aromatic amines is 2. The van der Waals surface area contributed by atoms with Crippen molar-refractivity contribution >= 4 is 0 Å². The maximum absolute atomic E-state index is 11.3. The third-order valence-electron chi connectivity index (χ3n) is 5.20.